The first-order valence-corrected chi connectivity index (χ1v) is 4.68. The number of tetrazole rings is 1. The molecular weight excluding hydrogens is 180 g/mol. The van der Waals surface area contributed by atoms with Gasteiger partial charge in [-0.3, -0.25) is 5.10 Å². The predicted molar refractivity (Wildman–Crippen MR) is 50.4 cm³/mol. The quantitative estimate of drug-likeness (QED) is 0.754. The van der Waals surface area contributed by atoms with Gasteiger partial charge < -0.3 is 0 Å². The number of hydrogen-bond acceptors (Lipinski definition) is 4. The molecule has 0 radical (unpaired) electrons. The molecule has 2 aromatic heterocycles. The van der Waals surface area contributed by atoms with E-state index in [-0.39, 0.29) is 0 Å². The Morgan fingerprint density at radius 2 is 2.29 bits per heavy atom. The normalized spacial score (nSPS) is 10.6. The molecule has 0 bridgehead atoms. The molecule has 2 N–H and O–H groups in total. The molecule has 2 heterocycles. The summed E-state index contributed by atoms with van der Waals surface area (Å²) in [5.74, 6) is 0.531. The molecule has 14 heavy (non-hydrogen) atoms. The number of aryl methyl sites for hydroxylation is 1. The van der Waals surface area contributed by atoms with Gasteiger partial charge in [0.15, 0.2) is 0 Å². The van der Waals surface area contributed by atoms with Crippen molar-refractivity contribution in [2.45, 2.75) is 26.2 Å². The van der Waals surface area contributed by atoms with Crippen LogP contribution in [0.4, 0.5) is 0 Å². The van der Waals surface area contributed by atoms with Crippen LogP contribution in [0.25, 0.3) is 11.5 Å². The van der Waals surface area contributed by atoms with Gasteiger partial charge >= 0.3 is 0 Å². The monoisotopic (exact) mass is 192 g/mol. The van der Waals surface area contributed by atoms with Gasteiger partial charge in [0.2, 0.25) is 5.82 Å². The molecule has 0 aliphatic carbocycles. The van der Waals surface area contributed by atoms with Gasteiger partial charge in [-0.2, -0.15) is 10.3 Å². The number of nitrogens with zero attached hydrogens (tertiary/aromatic N) is 4. The molecule has 0 atom stereocenters. The van der Waals surface area contributed by atoms with Crippen molar-refractivity contribution in [3.63, 3.8) is 0 Å². The number of rotatable bonds is 4. The number of aromatic amines is 2. The Morgan fingerprint density at radius 3 is 3.00 bits per heavy atom. The number of unbranched alkanes of at least 4 members (excludes halogenated alkanes) is 1. The van der Waals surface area contributed by atoms with E-state index in [1.165, 1.54) is 6.42 Å². The molecule has 0 saturated heterocycles. The van der Waals surface area contributed by atoms with Crippen molar-refractivity contribution in [2.24, 2.45) is 0 Å². The summed E-state index contributed by atoms with van der Waals surface area (Å²) in [7, 11) is 0. The lowest BCUT2D eigenvalue weighted by molar-refractivity contribution is 0.772. The van der Waals surface area contributed by atoms with Crippen LogP contribution in [0.3, 0.4) is 0 Å². The highest BCUT2D eigenvalue weighted by atomic mass is 15.5. The minimum atomic E-state index is 0.531. The third-order valence-electron chi connectivity index (χ3n) is 2.01. The van der Waals surface area contributed by atoms with Gasteiger partial charge in [0.25, 0.3) is 0 Å². The van der Waals surface area contributed by atoms with E-state index >= 15 is 0 Å². The summed E-state index contributed by atoms with van der Waals surface area (Å²) in [5, 5.41) is 20.6. The molecule has 6 heteroatoms. The van der Waals surface area contributed by atoms with Crippen LogP contribution < -0.4 is 0 Å². The summed E-state index contributed by atoms with van der Waals surface area (Å²) in [6.45, 7) is 2.16. The zero-order valence-electron chi connectivity index (χ0n) is 7.99. The second-order valence-corrected chi connectivity index (χ2v) is 3.12. The SMILES string of the molecule is CCCCc1cc(-c2nn[nH]n2)n[nH]1. The van der Waals surface area contributed by atoms with E-state index in [4.69, 9.17) is 0 Å². The zero-order chi connectivity index (χ0) is 9.80. The Balaban J connectivity index is 2.10. The Morgan fingerprint density at radius 1 is 1.36 bits per heavy atom. The first kappa shape index (κ1) is 8.86. The van der Waals surface area contributed by atoms with E-state index < -0.39 is 0 Å². The summed E-state index contributed by atoms with van der Waals surface area (Å²) in [5.41, 5.74) is 1.86. The van der Waals surface area contributed by atoms with Crippen LogP contribution >= 0.6 is 0 Å². The van der Waals surface area contributed by atoms with E-state index in [1.54, 1.807) is 0 Å². The van der Waals surface area contributed by atoms with E-state index in [0.29, 0.717) is 5.82 Å². The molecule has 0 amide bonds. The molecule has 0 saturated carbocycles. The van der Waals surface area contributed by atoms with Crippen LogP contribution in [-0.2, 0) is 6.42 Å². The molecule has 74 valence electrons. The van der Waals surface area contributed by atoms with Crippen molar-refractivity contribution >= 4 is 0 Å². The second kappa shape index (κ2) is 3.99. The van der Waals surface area contributed by atoms with E-state index in [9.17, 15) is 0 Å². The lowest BCUT2D eigenvalue weighted by atomic mass is 10.2. The van der Waals surface area contributed by atoms with Gasteiger partial charge in [0.05, 0.1) is 0 Å². The van der Waals surface area contributed by atoms with Crippen molar-refractivity contribution in [1.82, 2.24) is 30.8 Å². The standard InChI is InChI=1S/C8H12N6/c1-2-3-4-6-5-7(10-9-6)8-11-13-14-12-8/h5H,2-4H2,1H3,(H,9,10)(H,11,12,13,14). The first-order chi connectivity index (χ1) is 6.90. The molecule has 0 unspecified atom stereocenters. The third kappa shape index (κ3) is 1.78. The fourth-order valence-corrected chi connectivity index (χ4v) is 1.24. The second-order valence-electron chi connectivity index (χ2n) is 3.12. The molecule has 0 aliphatic rings. The third-order valence-corrected chi connectivity index (χ3v) is 2.01. The van der Waals surface area contributed by atoms with Crippen LogP contribution in [0.5, 0.6) is 0 Å². The van der Waals surface area contributed by atoms with Crippen LogP contribution in [0.1, 0.15) is 25.5 Å². The Labute approximate surface area is 81.1 Å². The van der Waals surface area contributed by atoms with E-state index in [2.05, 4.69) is 37.7 Å². The fourth-order valence-electron chi connectivity index (χ4n) is 1.24. The summed E-state index contributed by atoms with van der Waals surface area (Å²) >= 11 is 0. The van der Waals surface area contributed by atoms with Gasteiger partial charge in [0, 0.05) is 5.69 Å². The van der Waals surface area contributed by atoms with Crippen molar-refractivity contribution in [1.29, 1.82) is 0 Å². The van der Waals surface area contributed by atoms with Crippen molar-refractivity contribution < 1.29 is 0 Å². The number of H-pyrrole nitrogens is 2. The zero-order valence-corrected chi connectivity index (χ0v) is 7.99. The maximum atomic E-state index is 4.10. The number of aromatic nitrogens is 6. The smallest absolute Gasteiger partial charge is 0.224 e. The van der Waals surface area contributed by atoms with Gasteiger partial charge in [-0.05, 0) is 24.1 Å². The Hall–Kier alpha value is -1.72. The summed E-state index contributed by atoms with van der Waals surface area (Å²) in [4.78, 5) is 0. The molecule has 2 rings (SSSR count). The highest BCUT2D eigenvalue weighted by Gasteiger charge is 2.06. The van der Waals surface area contributed by atoms with Gasteiger partial charge in [-0.1, -0.05) is 13.3 Å². The van der Waals surface area contributed by atoms with Gasteiger partial charge in [0.1, 0.15) is 5.69 Å². The molecule has 6 nitrogen and oxygen atoms in total. The van der Waals surface area contributed by atoms with E-state index in [0.717, 1.165) is 24.2 Å². The topological polar surface area (TPSA) is 83.1 Å². The largest absolute Gasteiger partial charge is 0.282 e. The Kier molecular flexibility index (Phi) is 2.53. The number of nitrogens with one attached hydrogen (secondary N) is 2. The molecule has 0 fully saturated rings. The highest BCUT2D eigenvalue weighted by molar-refractivity contribution is 5.47. The minimum absolute atomic E-state index is 0.531. The van der Waals surface area contributed by atoms with Crippen LogP contribution in [0.15, 0.2) is 6.07 Å². The molecule has 0 aliphatic heterocycles. The van der Waals surface area contributed by atoms with Crippen LogP contribution in [0.2, 0.25) is 0 Å². The van der Waals surface area contributed by atoms with Crippen molar-refractivity contribution in [3.05, 3.63) is 11.8 Å². The molecule has 2 aromatic rings. The fraction of sp³-hybridized carbons (Fsp3) is 0.500. The van der Waals surface area contributed by atoms with E-state index in [1.807, 2.05) is 6.07 Å². The predicted octanol–water partition coefficient (Wildman–Crippen LogP) is 0.932. The van der Waals surface area contributed by atoms with Gasteiger partial charge in [-0.25, -0.2) is 0 Å². The first-order valence-electron chi connectivity index (χ1n) is 4.68. The lowest BCUT2D eigenvalue weighted by Crippen LogP contribution is -1.83. The highest BCUT2D eigenvalue weighted by Crippen LogP contribution is 2.12. The average molecular weight is 192 g/mol. The molecule has 0 spiro atoms. The summed E-state index contributed by atoms with van der Waals surface area (Å²) < 4.78 is 0. The maximum Gasteiger partial charge on any atom is 0.224 e. The lowest BCUT2D eigenvalue weighted by Gasteiger charge is -1.90. The van der Waals surface area contributed by atoms with Gasteiger partial charge in [-0.15, -0.1) is 10.2 Å². The molecule has 0 aromatic carbocycles. The summed E-state index contributed by atoms with van der Waals surface area (Å²) in [6, 6.07) is 1.96. The number of hydrogen-bond donors (Lipinski definition) is 2. The van der Waals surface area contributed by atoms with Crippen LogP contribution in [-0.4, -0.2) is 30.8 Å². The van der Waals surface area contributed by atoms with Crippen molar-refractivity contribution in [3.8, 4) is 11.5 Å². The minimum Gasteiger partial charge on any atom is -0.282 e. The Bertz CT molecular complexity index is 376. The van der Waals surface area contributed by atoms with Crippen LogP contribution in [0, 0.1) is 0 Å². The maximum absolute atomic E-state index is 4.10. The average Bonchev–Trinajstić information content (AvgIpc) is 2.85. The molecular formula is C8H12N6. The summed E-state index contributed by atoms with van der Waals surface area (Å²) in [6.07, 6.45) is 3.35. The van der Waals surface area contributed by atoms with Crippen molar-refractivity contribution in [2.75, 3.05) is 0 Å².